The molecule has 0 radical (unpaired) electrons. The molecule has 1 aromatic heterocycles. The van der Waals surface area contributed by atoms with Crippen LogP contribution in [0.4, 0.5) is 0 Å². The maximum atomic E-state index is 6.37. The Morgan fingerprint density at radius 1 is 1.44 bits per heavy atom. The first-order valence-corrected chi connectivity index (χ1v) is 6.86. The first-order valence-electron chi connectivity index (χ1n) is 6.86. The van der Waals surface area contributed by atoms with Gasteiger partial charge in [-0.15, -0.1) is 0 Å². The van der Waals surface area contributed by atoms with Gasteiger partial charge < -0.3 is 10.6 Å². The zero-order chi connectivity index (χ0) is 13.2. The highest BCUT2D eigenvalue weighted by molar-refractivity contribution is 5.04. The van der Waals surface area contributed by atoms with Crippen LogP contribution in [0.1, 0.15) is 32.4 Å². The fourth-order valence-corrected chi connectivity index (χ4v) is 2.88. The Hall–Kier alpha value is -0.930. The lowest BCUT2D eigenvalue weighted by atomic mass is 9.87. The first kappa shape index (κ1) is 13.5. The minimum Gasteiger partial charge on any atom is -0.326 e. The van der Waals surface area contributed by atoms with Gasteiger partial charge in [0.25, 0.3) is 0 Å². The lowest BCUT2D eigenvalue weighted by Crippen LogP contribution is -2.48. The highest BCUT2D eigenvalue weighted by Crippen LogP contribution is 2.38. The molecule has 2 unspecified atom stereocenters. The molecule has 1 aromatic rings. The zero-order valence-electron chi connectivity index (χ0n) is 11.8. The Morgan fingerprint density at radius 2 is 2.22 bits per heavy atom. The van der Waals surface area contributed by atoms with Gasteiger partial charge in [-0.2, -0.15) is 0 Å². The van der Waals surface area contributed by atoms with Gasteiger partial charge in [0.1, 0.15) is 0 Å². The predicted octanol–water partition coefficient (Wildman–Crippen LogP) is 2.07. The SMILES string of the molecule is CN(CCc1ccccn1)C1CCC(C)(C)C1N. The number of nitrogens with zero attached hydrogens (tertiary/aromatic N) is 2. The molecule has 1 aliphatic carbocycles. The van der Waals surface area contributed by atoms with Crippen molar-refractivity contribution >= 4 is 0 Å². The number of hydrogen-bond donors (Lipinski definition) is 1. The number of pyridine rings is 1. The highest BCUT2D eigenvalue weighted by atomic mass is 15.2. The van der Waals surface area contributed by atoms with Crippen LogP contribution in [0.2, 0.25) is 0 Å². The Kier molecular flexibility index (Phi) is 4.03. The average Bonchev–Trinajstić information content (AvgIpc) is 2.63. The fraction of sp³-hybridized carbons (Fsp3) is 0.667. The quantitative estimate of drug-likeness (QED) is 0.885. The summed E-state index contributed by atoms with van der Waals surface area (Å²) in [5, 5.41) is 0. The summed E-state index contributed by atoms with van der Waals surface area (Å²) < 4.78 is 0. The molecule has 0 bridgehead atoms. The number of aromatic nitrogens is 1. The van der Waals surface area contributed by atoms with Gasteiger partial charge in [-0.3, -0.25) is 4.98 Å². The molecule has 0 saturated heterocycles. The molecule has 1 saturated carbocycles. The van der Waals surface area contributed by atoms with Crippen LogP contribution in [-0.2, 0) is 6.42 Å². The van der Waals surface area contributed by atoms with Crippen LogP contribution in [0.15, 0.2) is 24.4 Å². The molecule has 2 atom stereocenters. The van der Waals surface area contributed by atoms with Gasteiger partial charge in [0.05, 0.1) is 0 Å². The van der Waals surface area contributed by atoms with Gasteiger partial charge >= 0.3 is 0 Å². The third-order valence-corrected chi connectivity index (χ3v) is 4.41. The average molecular weight is 247 g/mol. The van der Waals surface area contributed by atoms with Crippen LogP contribution >= 0.6 is 0 Å². The zero-order valence-corrected chi connectivity index (χ0v) is 11.8. The number of likely N-dealkylation sites (N-methyl/N-ethyl adjacent to an activating group) is 1. The summed E-state index contributed by atoms with van der Waals surface area (Å²) in [6.45, 7) is 5.60. The van der Waals surface area contributed by atoms with E-state index in [-0.39, 0.29) is 11.5 Å². The Balaban J connectivity index is 1.88. The molecule has 1 aliphatic rings. The summed E-state index contributed by atoms with van der Waals surface area (Å²) in [7, 11) is 2.19. The molecular weight excluding hydrogens is 222 g/mol. The molecule has 100 valence electrons. The lowest BCUT2D eigenvalue weighted by Gasteiger charge is -2.32. The van der Waals surface area contributed by atoms with Crippen molar-refractivity contribution in [1.29, 1.82) is 0 Å². The molecular formula is C15H25N3. The molecule has 0 spiro atoms. The molecule has 3 nitrogen and oxygen atoms in total. The summed E-state index contributed by atoms with van der Waals surface area (Å²) in [5.74, 6) is 0. The normalized spacial score (nSPS) is 26.7. The summed E-state index contributed by atoms with van der Waals surface area (Å²) >= 11 is 0. The van der Waals surface area contributed by atoms with E-state index in [2.05, 4.69) is 36.8 Å². The molecule has 2 rings (SSSR count). The minimum absolute atomic E-state index is 0.282. The molecule has 2 N–H and O–H groups in total. The second kappa shape index (κ2) is 5.37. The molecule has 0 aromatic carbocycles. The van der Waals surface area contributed by atoms with E-state index in [1.807, 2.05) is 18.3 Å². The van der Waals surface area contributed by atoms with Gasteiger partial charge in [-0.1, -0.05) is 19.9 Å². The number of nitrogens with two attached hydrogens (primary N) is 1. The third-order valence-electron chi connectivity index (χ3n) is 4.41. The lowest BCUT2D eigenvalue weighted by molar-refractivity contribution is 0.199. The summed E-state index contributed by atoms with van der Waals surface area (Å²) in [4.78, 5) is 6.78. The monoisotopic (exact) mass is 247 g/mol. The van der Waals surface area contributed by atoms with Crippen molar-refractivity contribution in [2.75, 3.05) is 13.6 Å². The summed E-state index contributed by atoms with van der Waals surface area (Å²) in [5.41, 5.74) is 7.81. The largest absolute Gasteiger partial charge is 0.326 e. The second-order valence-electron chi connectivity index (χ2n) is 6.17. The maximum absolute atomic E-state index is 6.37. The minimum atomic E-state index is 0.282. The van der Waals surface area contributed by atoms with Gasteiger partial charge in [-0.05, 0) is 37.4 Å². The van der Waals surface area contributed by atoms with Crippen LogP contribution in [0.5, 0.6) is 0 Å². The van der Waals surface area contributed by atoms with Crippen LogP contribution in [-0.4, -0.2) is 35.6 Å². The maximum Gasteiger partial charge on any atom is 0.0416 e. The van der Waals surface area contributed by atoms with Crippen molar-refractivity contribution in [3.05, 3.63) is 30.1 Å². The van der Waals surface area contributed by atoms with Crippen molar-refractivity contribution in [2.24, 2.45) is 11.1 Å². The van der Waals surface area contributed by atoms with Crippen LogP contribution in [0.3, 0.4) is 0 Å². The van der Waals surface area contributed by atoms with E-state index >= 15 is 0 Å². The van der Waals surface area contributed by atoms with E-state index < -0.39 is 0 Å². The Labute approximate surface area is 110 Å². The molecule has 18 heavy (non-hydrogen) atoms. The van der Waals surface area contributed by atoms with E-state index in [0.717, 1.165) is 18.7 Å². The van der Waals surface area contributed by atoms with Crippen molar-refractivity contribution in [3.8, 4) is 0 Å². The van der Waals surface area contributed by atoms with Gasteiger partial charge in [0.2, 0.25) is 0 Å². The molecule has 1 heterocycles. The van der Waals surface area contributed by atoms with Gasteiger partial charge in [-0.25, -0.2) is 0 Å². The molecule has 1 fully saturated rings. The van der Waals surface area contributed by atoms with Gasteiger partial charge in [0, 0.05) is 36.9 Å². The smallest absolute Gasteiger partial charge is 0.0416 e. The topological polar surface area (TPSA) is 42.2 Å². The van der Waals surface area contributed by atoms with E-state index in [0.29, 0.717) is 6.04 Å². The fourth-order valence-electron chi connectivity index (χ4n) is 2.88. The molecule has 0 aliphatic heterocycles. The van der Waals surface area contributed by atoms with Crippen molar-refractivity contribution < 1.29 is 0 Å². The van der Waals surface area contributed by atoms with E-state index in [9.17, 15) is 0 Å². The molecule has 0 amide bonds. The standard InChI is InChI=1S/C15H25N3/c1-15(2)9-7-13(14(15)16)18(3)11-8-12-6-4-5-10-17-12/h4-6,10,13-14H,7-9,11,16H2,1-3H3. The summed E-state index contributed by atoms with van der Waals surface area (Å²) in [6.07, 6.45) is 5.31. The predicted molar refractivity (Wildman–Crippen MR) is 75.3 cm³/mol. The Morgan fingerprint density at radius 3 is 2.78 bits per heavy atom. The highest BCUT2D eigenvalue weighted by Gasteiger charge is 2.40. The second-order valence-corrected chi connectivity index (χ2v) is 6.17. The van der Waals surface area contributed by atoms with Crippen LogP contribution in [0.25, 0.3) is 0 Å². The van der Waals surface area contributed by atoms with Crippen molar-refractivity contribution in [2.45, 2.75) is 45.2 Å². The van der Waals surface area contributed by atoms with Crippen LogP contribution in [0, 0.1) is 5.41 Å². The number of hydrogen-bond acceptors (Lipinski definition) is 3. The van der Waals surface area contributed by atoms with E-state index in [1.54, 1.807) is 0 Å². The van der Waals surface area contributed by atoms with Crippen molar-refractivity contribution in [1.82, 2.24) is 9.88 Å². The molecule has 3 heteroatoms. The summed E-state index contributed by atoms with van der Waals surface area (Å²) in [6, 6.07) is 6.90. The first-order chi connectivity index (χ1) is 8.50. The third kappa shape index (κ3) is 2.90. The van der Waals surface area contributed by atoms with E-state index in [4.69, 9.17) is 5.73 Å². The van der Waals surface area contributed by atoms with E-state index in [1.165, 1.54) is 12.8 Å². The number of rotatable bonds is 4. The van der Waals surface area contributed by atoms with Crippen molar-refractivity contribution in [3.63, 3.8) is 0 Å². The Bertz CT molecular complexity index is 375. The van der Waals surface area contributed by atoms with Crippen LogP contribution < -0.4 is 5.73 Å². The van der Waals surface area contributed by atoms with Gasteiger partial charge in [0.15, 0.2) is 0 Å².